The van der Waals surface area contributed by atoms with Crippen LogP contribution in [0.2, 0.25) is 0 Å². The van der Waals surface area contributed by atoms with Gasteiger partial charge in [-0.05, 0) is 66.1 Å². The predicted octanol–water partition coefficient (Wildman–Crippen LogP) is 5.52. The van der Waals surface area contributed by atoms with Gasteiger partial charge in [0.15, 0.2) is 0 Å². The van der Waals surface area contributed by atoms with Crippen molar-refractivity contribution >= 4 is 27.1 Å². The smallest absolute Gasteiger partial charge is 0.126 e. The maximum Gasteiger partial charge on any atom is 0.126 e. The topological polar surface area (TPSA) is 12.0 Å². The van der Waals surface area contributed by atoms with Gasteiger partial charge in [-0.1, -0.05) is 12.1 Å². The quantitative estimate of drug-likeness (QED) is 0.668. The molecule has 20 heavy (non-hydrogen) atoms. The molecular formula is C17H16FNS. The maximum atomic E-state index is 13.6. The number of aryl methyl sites for hydroxylation is 1. The van der Waals surface area contributed by atoms with Crippen molar-refractivity contribution in [3.05, 3.63) is 64.8 Å². The summed E-state index contributed by atoms with van der Waals surface area (Å²) < 4.78 is 14.9. The first kappa shape index (κ1) is 13.1. The zero-order chi connectivity index (χ0) is 14.1. The zero-order valence-corrected chi connectivity index (χ0v) is 12.3. The van der Waals surface area contributed by atoms with Crippen LogP contribution in [0, 0.1) is 12.7 Å². The Morgan fingerprint density at radius 2 is 1.95 bits per heavy atom. The fourth-order valence-electron chi connectivity index (χ4n) is 2.27. The van der Waals surface area contributed by atoms with Gasteiger partial charge >= 0.3 is 0 Å². The van der Waals surface area contributed by atoms with Crippen LogP contribution in [0.4, 0.5) is 10.1 Å². The summed E-state index contributed by atoms with van der Waals surface area (Å²) in [5.74, 6) is -0.149. The summed E-state index contributed by atoms with van der Waals surface area (Å²) in [6.45, 7) is 3.82. The summed E-state index contributed by atoms with van der Waals surface area (Å²) in [5, 5.41) is 6.75. The minimum atomic E-state index is -0.149. The molecule has 1 N–H and O–H groups in total. The molecule has 0 fully saturated rings. The Hall–Kier alpha value is -1.87. The van der Waals surface area contributed by atoms with Crippen LogP contribution in [0.1, 0.15) is 24.1 Å². The van der Waals surface area contributed by atoms with E-state index in [-0.39, 0.29) is 11.9 Å². The molecule has 1 heterocycles. The van der Waals surface area contributed by atoms with Gasteiger partial charge in [-0.15, -0.1) is 11.3 Å². The summed E-state index contributed by atoms with van der Waals surface area (Å²) in [7, 11) is 0. The standard InChI is InChI=1S/C17H16FNS/c1-11-3-4-13(10-16(11)18)12(2)19-15-5-6-17-14(9-15)7-8-20-17/h3-10,12,19H,1-2H3. The fraction of sp³-hybridized carbons (Fsp3) is 0.176. The largest absolute Gasteiger partial charge is 0.379 e. The third-order valence-corrected chi connectivity index (χ3v) is 4.43. The third kappa shape index (κ3) is 2.54. The molecule has 0 bridgehead atoms. The summed E-state index contributed by atoms with van der Waals surface area (Å²) in [4.78, 5) is 0. The molecule has 0 aliphatic carbocycles. The Balaban J connectivity index is 1.83. The normalized spacial score (nSPS) is 12.6. The number of hydrogen-bond acceptors (Lipinski definition) is 2. The minimum Gasteiger partial charge on any atom is -0.379 e. The number of thiophene rings is 1. The molecule has 1 nitrogen and oxygen atoms in total. The number of fused-ring (bicyclic) bond motifs is 1. The van der Waals surface area contributed by atoms with Crippen molar-refractivity contribution in [1.29, 1.82) is 0 Å². The number of anilines is 1. The number of rotatable bonds is 3. The molecular weight excluding hydrogens is 269 g/mol. The van der Waals surface area contributed by atoms with Crippen LogP contribution >= 0.6 is 11.3 Å². The van der Waals surface area contributed by atoms with Gasteiger partial charge in [-0.2, -0.15) is 0 Å². The van der Waals surface area contributed by atoms with Crippen LogP contribution in [0.5, 0.6) is 0 Å². The number of nitrogens with one attached hydrogen (secondary N) is 1. The first-order valence-electron chi connectivity index (χ1n) is 6.63. The molecule has 1 aromatic heterocycles. The van der Waals surface area contributed by atoms with Gasteiger partial charge in [0.25, 0.3) is 0 Å². The first-order valence-corrected chi connectivity index (χ1v) is 7.51. The highest BCUT2D eigenvalue weighted by molar-refractivity contribution is 7.17. The van der Waals surface area contributed by atoms with Crippen LogP contribution in [-0.4, -0.2) is 0 Å². The molecule has 3 heteroatoms. The lowest BCUT2D eigenvalue weighted by atomic mass is 10.1. The second-order valence-corrected chi connectivity index (χ2v) is 6.00. The van der Waals surface area contributed by atoms with Gasteiger partial charge in [0.05, 0.1) is 0 Å². The van der Waals surface area contributed by atoms with Crippen LogP contribution in [0.3, 0.4) is 0 Å². The van der Waals surface area contributed by atoms with E-state index < -0.39 is 0 Å². The number of halogens is 1. The van der Waals surface area contributed by atoms with Gasteiger partial charge in [0, 0.05) is 16.4 Å². The van der Waals surface area contributed by atoms with E-state index in [0.29, 0.717) is 5.56 Å². The highest BCUT2D eigenvalue weighted by Gasteiger charge is 2.08. The van der Waals surface area contributed by atoms with Crippen molar-refractivity contribution in [1.82, 2.24) is 0 Å². The Kier molecular flexibility index (Phi) is 3.45. The van der Waals surface area contributed by atoms with Crippen molar-refractivity contribution < 1.29 is 4.39 Å². The molecule has 102 valence electrons. The summed E-state index contributed by atoms with van der Waals surface area (Å²) in [6, 6.07) is 13.9. The van der Waals surface area contributed by atoms with E-state index in [4.69, 9.17) is 0 Å². The SMILES string of the molecule is Cc1ccc(C(C)Nc2ccc3sccc3c2)cc1F. The molecule has 0 spiro atoms. The lowest BCUT2D eigenvalue weighted by molar-refractivity contribution is 0.614. The van der Waals surface area contributed by atoms with E-state index in [9.17, 15) is 4.39 Å². The summed E-state index contributed by atoms with van der Waals surface area (Å²) in [5.41, 5.74) is 2.70. The average molecular weight is 285 g/mol. The molecule has 0 amide bonds. The molecule has 0 aliphatic heterocycles. The minimum absolute atomic E-state index is 0.0705. The molecule has 0 radical (unpaired) electrons. The van der Waals surface area contributed by atoms with Crippen molar-refractivity contribution in [3.63, 3.8) is 0 Å². The Labute approximate surface area is 122 Å². The lowest BCUT2D eigenvalue weighted by Gasteiger charge is -2.16. The average Bonchev–Trinajstić information content (AvgIpc) is 2.89. The molecule has 3 aromatic rings. The predicted molar refractivity (Wildman–Crippen MR) is 85.0 cm³/mol. The Bertz CT molecular complexity index is 748. The Morgan fingerprint density at radius 1 is 1.10 bits per heavy atom. The molecule has 0 aliphatic rings. The van der Waals surface area contributed by atoms with Gasteiger partial charge in [0.1, 0.15) is 5.82 Å². The van der Waals surface area contributed by atoms with Crippen molar-refractivity contribution in [2.24, 2.45) is 0 Å². The van der Waals surface area contributed by atoms with E-state index in [1.165, 1.54) is 10.1 Å². The highest BCUT2D eigenvalue weighted by atomic mass is 32.1. The molecule has 3 rings (SSSR count). The van der Waals surface area contributed by atoms with Crippen molar-refractivity contribution in [3.8, 4) is 0 Å². The zero-order valence-electron chi connectivity index (χ0n) is 11.5. The maximum absolute atomic E-state index is 13.6. The van der Waals surface area contributed by atoms with Gasteiger partial charge in [-0.25, -0.2) is 4.39 Å². The van der Waals surface area contributed by atoms with Crippen molar-refractivity contribution in [2.75, 3.05) is 5.32 Å². The number of benzene rings is 2. The Morgan fingerprint density at radius 3 is 2.75 bits per heavy atom. The first-order chi connectivity index (χ1) is 9.63. The van der Waals surface area contributed by atoms with Gasteiger partial charge < -0.3 is 5.32 Å². The molecule has 2 aromatic carbocycles. The fourth-order valence-corrected chi connectivity index (χ4v) is 3.04. The molecule has 1 atom stereocenters. The van der Waals surface area contributed by atoms with E-state index in [2.05, 4.69) is 35.0 Å². The van der Waals surface area contributed by atoms with Crippen LogP contribution in [0.15, 0.2) is 47.8 Å². The lowest BCUT2D eigenvalue weighted by Crippen LogP contribution is -2.07. The summed E-state index contributed by atoms with van der Waals surface area (Å²) >= 11 is 1.74. The van der Waals surface area contributed by atoms with Gasteiger partial charge in [-0.3, -0.25) is 0 Å². The third-order valence-electron chi connectivity index (χ3n) is 3.53. The molecule has 0 saturated heterocycles. The molecule has 0 saturated carbocycles. The van der Waals surface area contributed by atoms with E-state index in [1.54, 1.807) is 24.3 Å². The van der Waals surface area contributed by atoms with Crippen LogP contribution in [0.25, 0.3) is 10.1 Å². The van der Waals surface area contributed by atoms with Gasteiger partial charge in [0.2, 0.25) is 0 Å². The monoisotopic (exact) mass is 285 g/mol. The second kappa shape index (κ2) is 5.25. The van der Waals surface area contributed by atoms with E-state index in [0.717, 1.165) is 11.3 Å². The van der Waals surface area contributed by atoms with E-state index >= 15 is 0 Å². The molecule has 1 unspecified atom stereocenters. The highest BCUT2D eigenvalue weighted by Crippen LogP contribution is 2.27. The van der Waals surface area contributed by atoms with Crippen LogP contribution in [-0.2, 0) is 0 Å². The van der Waals surface area contributed by atoms with Crippen LogP contribution < -0.4 is 5.32 Å². The second-order valence-electron chi connectivity index (χ2n) is 5.05. The number of hydrogen-bond donors (Lipinski definition) is 1. The summed E-state index contributed by atoms with van der Waals surface area (Å²) in [6.07, 6.45) is 0. The van der Waals surface area contributed by atoms with E-state index in [1.807, 2.05) is 19.1 Å². The van der Waals surface area contributed by atoms with Crippen molar-refractivity contribution in [2.45, 2.75) is 19.9 Å².